The third-order valence-electron chi connectivity index (χ3n) is 2.46. The van der Waals surface area contributed by atoms with Crippen LogP contribution in [0.4, 0.5) is 0 Å². The van der Waals surface area contributed by atoms with E-state index in [2.05, 4.69) is 11.7 Å². The molecule has 5 atom stereocenters. The smallest absolute Gasteiger partial charge is 0.114 e. The fourth-order valence-corrected chi connectivity index (χ4v) is 1.16. The molecular weight excluding hydrogens is 244 g/mol. The molecule has 3 aliphatic rings. The van der Waals surface area contributed by atoms with Crippen molar-refractivity contribution in [2.24, 2.45) is 0 Å². The second kappa shape index (κ2) is 8.00. The zero-order valence-corrected chi connectivity index (χ0v) is 10.4. The lowest BCUT2D eigenvalue weighted by molar-refractivity contribution is -0.0684. The molecule has 3 saturated heterocycles. The first kappa shape index (κ1) is 15.8. The van der Waals surface area contributed by atoms with Crippen LogP contribution in [0.2, 0.25) is 0 Å². The molecule has 3 fully saturated rings. The first-order chi connectivity index (χ1) is 8.56. The maximum Gasteiger partial charge on any atom is 0.114 e. The molecule has 0 bridgehead atoms. The van der Waals surface area contributed by atoms with Crippen molar-refractivity contribution in [3.8, 4) is 0 Å². The van der Waals surface area contributed by atoms with E-state index in [-0.39, 0.29) is 6.61 Å². The Balaban J connectivity index is 0.000000185. The van der Waals surface area contributed by atoms with Crippen LogP contribution in [0.25, 0.3) is 0 Å². The Bertz CT molecular complexity index is 217. The first-order valence-electron chi connectivity index (χ1n) is 6.02. The van der Waals surface area contributed by atoms with E-state index < -0.39 is 31.0 Å². The van der Waals surface area contributed by atoms with E-state index in [4.69, 9.17) is 29.9 Å². The quantitative estimate of drug-likeness (QED) is 0.422. The second-order valence-electron chi connectivity index (χ2n) is 4.36. The van der Waals surface area contributed by atoms with Gasteiger partial charge in [-0.05, 0) is 6.92 Å². The van der Waals surface area contributed by atoms with Crippen LogP contribution in [0.15, 0.2) is 0 Å². The summed E-state index contributed by atoms with van der Waals surface area (Å²) in [6.07, 6.45) is -3.46. The van der Waals surface area contributed by atoms with Crippen molar-refractivity contribution >= 4 is 0 Å². The van der Waals surface area contributed by atoms with Crippen LogP contribution in [-0.2, 0) is 14.2 Å². The van der Waals surface area contributed by atoms with E-state index in [1.165, 1.54) is 0 Å². The lowest BCUT2D eigenvalue weighted by Gasteiger charge is -2.18. The van der Waals surface area contributed by atoms with E-state index in [0.717, 1.165) is 19.8 Å². The van der Waals surface area contributed by atoms with E-state index in [0.29, 0.717) is 6.10 Å². The van der Waals surface area contributed by atoms with Crippen LogP contribution in [0, 0.1) is 0 Å². The van der Waals surface area contributed by atoms with Crippen molar-refractivity contribution in [1.82, 2.24) is 0 Å². The Morgan fingerprint density at radius 3 is 1.89 bits per heavy atom. The molecule has 108 valence electrons. The van der Waals surface area contributed by atoms with Gasteiger partial charge in [0.1, 0.15) is 24.4 Å². The maximum absolute atomic E-state index is 9.11. The number of hydrogen-bond acceptors (Lipinski definition) is 7. The predicted molar refractivity (Wildman–Crippen MR) is 61.1 cm³/mol. The number of hydrogen-bond donors (Lipinski definition) is 4. The summed E-state index contributed by atoms with van der Waals surface area (Å²) in [7, 11) is 0. The van der Waals surface area contributed by atoms with Gasteiger partial charge in [0.05, 0.1) is 39.1 Å². The highest BCUT2D eigenvalue weighted by Gasteiger charge is 2.38. The van der Waals surface area contributed by atoms with Crippen molar-refractivity contribution < 1.29 is 34.6 Å². The van der Waals surface area contributed by atoms with Crippen molar-refractivity contribution in [1.29, 1.82) is 0 Å². The third-order valence-corrected chi connectivity index (χ3v) is 2.46. The molecule has 0 spiro atoms. The summed E-state index contributed by atoms with van der Waals surface area (Å²) in [4.78, 5) is 0. The minimum Gasteiger partial charge on any atom is -0.394 e. The van der Waals surface area contributed by atoms with Crippen LogP contribution in [0.5, 0.6) is 0 Å². The van der Waals surface area contributed by atoms with Crippen LogP contribution >= 0.6 is 0 Å². The van der Waals surface area contributed by atoms with Gasteiger partial charge in [0, 0.05) is 0 Å². The van der Waals surface area contributed by atoms with Gasteiger partial charge in [0.2, 0.25) is 0 Å². The van der Waals surface area contributed by atoms with Gasteiger partial charge in [-0.15, -0.1) is 0 Å². The molecule has 4 N–H and O–H groups in total. The molecule has 1 unspecified atom stereocenters. The predicted octanol–water partition coefficient (Wildman–Crippen LogP) is -2.12. The van der Waals surface area contributed by atoms with E-state index in [1.807, 2.05) is 0 Å². The molecule has 0 radical (unpaired) electrons. The number of epoxide rings is 2. The molecule has 0 amide bonds. The molecule has 3 heterocycles. The minimum atomic E-state index is -1.12. The van der Waals surface area contributed by atoms with Gasteiger partial charge < -0.3 is 34.6 Å². The summed E-state index contributed by atoms with van der Waals surface area (Å²) in [6, 6.07) is 0. The molecule has 7 nitrogen and oxygen atoms in total. The highest BCUT2D eigenvalue weighted by molar-refractivity contribution is 4.87. The summed E-state index contributed by atoms with van der Waals surface area (Å²) in [5.74, 6) is 0. The van der Waals surface area contributed by atoms with Gasteiger partial charge in [-0.2, -0.15) is 0 Å². The summed E-state index contributed by atoms with van der Waals surface area (Å²) in [6.45, 7) is 4.57. The summed E-state index contributed by atoms with van der Waals surface area (Å²) in [5.41, 5.74) is 0. The van der Waals surface area contributed by atoms with Crippen molar-refractivity contribution in [2.75, 3.05) is 33.0 Å². The molecular formula is C11H22O7. The van der Waals surface area contributed by atoms with Gasteiger partial charge in [-0.25, -0.2) is 0 Å². The third kappa shape index (κ3) is 6.60. The second-order valence-corrected chi connectivity index (χ2v) is 4.36. The average molecular weight is 266 g/mol. The standard InChI is InChI=1S/C6H12O5.C3H6O.C2H4O/c7-1-3(8)6-5(10)4(9)2-11-6;1-3-2-4-3;1-2-3-1/h3-10H,1-2H2;3H,2H2,1H3;1-2H2/t3-,4+,5-,6-;;/m1../s1. The van der Waals surface area contributed by atoms with Crippen LogP contribution < -0.4 is 0 Å². The Hall–Kier alpha value is -0.280. The van der Waals surface area contributed by atoms with Crippen LogP contribution in [0.1, 0.15) is 6.92 Å². The van der Waals surface area contributed by atoms with E-state index >= 15 is 0 Å². The summed E-state index contributed by atoms with van der Waals surface area (Å²) >= 11 is 0. The summed E-state index contributed by atoms with van der Waals surface area (Å²) in [5, 5.41) is 35.5. The highest BCUT2D eigenvalue weighted by atomic mass is 16.6. The van der Waals surface area contributed by atoms with E-state index in [9.17, 15) is 0 Å². The number of aliphatic hydroxyl groups excluding tert-OH is 4. The van der Waals surface area contributed by atoms with Gasteiger partial charge in [0.25, 0.3) is 0 Å². The van der Waals surface area contributed by atoms with Gasteiger partial charge in [0.15, 0.2) is 0 Å². The number of rotatable bonds is 2. The average Bonchev–Trinajstić information content (AvgIpc) is 3.24. The number of ether oxygens (including phenoxy) is 3. The van der Waals surface area contributed by atoms with Gasteiger partial charge in [-0.3, -0.25) is 0 Å². The SMILES string of the molecule is C1CO1.CC1CO1.OC[C@@H](O)[C@H]1OC[C@H](O)[C@H]1O. The van der Waals surface area contributed by atoms with E-state index in [1.54, 1.807) is 0 Å². The zero-order chi connectivity index (χ0) is 13.5. The largest absolute Gasteiger partial charge is 0.394 e. The maximum atomic E-state index is 9.11. The molecule has 0 aliphatic carbocycles. The molecule has 3 rings (SSSR count). The Kier molecular flexibility index (Phi) is 7.02. The molecule has 7 heteroatoms. The van der Waals surface area contributed by atoms with Crippen LogP contribution in [-0.4, -0.2) is 84.0 Å². The normalized spacial score (nSPS) is 37.8. The Morgan fingerprint density at radius 2 is 1.67 bits per heavy atom. The molecule has 0 aromatic carbocycles. The molecule has 0 aromatic heterocycles. The monoisotopic (exact) mass is 266 g/mol. The Labute approximate surface area is 106 Å². The highest BCUT2D eigenvalue weighted by Crippen LogP contribution is 2.16. The topological polar surface area (TPSA) is 115 Å². The molecule has 3 aliphatic heterocycles. The van der Waals surface area contributed by atoms with Gasteiger partial charge in [-0.1, -0.05) is 0 Å². The van der Waals surface area contributed by atoms with Gasteiger partial charge >= 0.3 is 0 Å². The fourth-order valence-electron chi connectivity index (χ4n) is 1.16. The van der Waals surface area contributed by atoms with Crippen molar-refractivity contribution in [3.05, 3.63) is 0 Å². The van der Waals surface area contributed by atoms with Crippen molar-refractivity contribution in [3.63, 3.8) is 0 Å². The molecule has 0 saturated carbocycles. The van der Waals surface area contributed by atoms with Crippen LogP contribution in [0.3, 0.4) is 0 Å². The summed E-state index contributed by atoms with van der Waals surface area (Å²) < 4.78 is 14.0. The number of aliphatic hydroxyl groups is 4. The molecule has 0 aromatic rings. The fraction of sp³-hybridized carbons (Fsp3) is 1.00. The Morgan fingerprint density at radius 1 is 1.17 bits per heavy atom. The van der Waals surface area contributed by atoms with Crippen molar-refractivity contribution in [2.45, 2.75) is 37.4 Å². The lowest BCUT2D eigenvalue weighted by atomic mass is 10.1. The first-order valence-corrected chi connectivity index (χ1v) is 6.02. The minimum absolute atomic E-state index is 0.00287. The zero-order valence-electron chi connectivity index (χ0n) is 10.4. The molecule has 18 heavy (non-hydrogen) atoms. The lowest BCUT2D eigenvalue weighted by Crippen LogP contribution is -2.40.